The topological polar surface area (TPSA) is 72.5 Å². The Bertz CT molecular complexity index is 938. The van der Waals surface area contributed by atoms with Gasteiger partial charge in [-0.25, -0.2) is 8.42 Å². The molecule has 1 N–H and O–H groups in total. The van der Waals surface area contributed by atoms with Gasteiger partial charge in [-0.15, -0.1) is 0 Å². The molecule has 0 aromatic heterocycles. The minimum absolute atomic E-state index is 0. The van der Waals surface area contributed by atoms with Gasteiger partial charge in [-0.3, -0.25) is 0 Å². The standard InChI is InChI=1S/C26H38N2O3S.Na/c1-2-3-4-5-6-7-8-9-10-14-20-25-27-26-23(18-15-19-24(26)32(29,30)31)28(25)21-22-16-12-11-13-17-22;/h11-13,15-19,25,27H,2-10,14,20-21H2,1H3,(H,29,30,31);/q;+1/p-1. The molecule has 1 atom stereocenters. The molecule has 0 saturated carbocycles. The molecule has 0 spiro atoms. The molecule has 33 heavy (non-hydrogen) atoms. The number of rotatable bonds is 14. The summed E-state index contributed by atoms with van der Waals surface area (Å²) in [5, 5.41) is 3.36. The van der Waals surface area contributed by atoms with Gasteiger partial charge in [0.05, 0.1) is 22.4 Å². The number of fused-ring (bicyclic) bond motifs is 1. The van der Waals surface area contributed by atoms with Crippen LogP contribution in [0.3, 0.4) is 0 Å². The number of anilines is 2. The first-order valence-electron chi connectivity index (χ1n) is 12.2. The Morgan fingerprint density at radius 1 is 0.848 bits per heavy atom. The zero-order valence-electron chi connectivity index (χ0n) is 20.3. The van der Waals surface area contributed by atoms with Crippen LogP contribution in [0, 0.1) is 0 Å². The number of nitrogens with one attached hydrogen (secondary N) is 1. The van der Waals surface area contributed by atoms with Crippen molar-refractivity contribution in [3.8, 4) is 0 Å². The van der Waals surface area contributed by atoms with E-state index in [1.54, 1.807) is 6.07 Å². The molecule has 5 nitrogen and oxygen atoms in total. The van der Waals surface area contributed by atoms with Gasteiger partial charge < -0.3 is 14.8 Å². The summed E-state index contributed by atoms with van der Waals surface area (Å²) in [7, 11) is -4.53. The van der Waals surface area contributed by atoms with E-state index in [1.807, 2.05) is 24.3 Å². The van der Waals surface area contributed by atoms with Crippen molar-refractivity contribution < 1.29 is 42.5 Å². The molecule has 2 aromatic carbocycles. The van der Waals surface area contributed by atoms with Crippen molar-refractivity contribution in [3.63, 3.8) is 0 Å². The third kappa shape index (κ3) is 8.59. The van der Waals surface area contributed by atoms with Crippen molar-refractivity contribution in [1.29, 1.82) is 0 Å². The van der Waals surface area contributed by atoms with E-state index in [9.17, 15) is 13.0 Å². The Hall–Kier alpha value is -1.05. The van der Waals surface area contributed by atoms with Crippen molar-refractivity contribution >= 4 is 21.5 Å². The largest absolute Gasteiger partial charge is 1.00 e. The second-order valence-electron chi connectivity index (χ2n) is 8.85. The fraction of sp³-hybridized carbons (Fsp3) is 0.538. The van der Waals surface area contributed by atoms with Crippen LogP contribution in [0.4, 0.5) is 11.4 Å². The Morgan fingerprint density at radius 2 is 1.45 bits per heavy atom. The number of hydrogen-bond acceptors (Lipinski definition) is 5. The first kappa shape index (κ1) is 28.2. The zero-order chi connectivity index (χ0) is 22.8. The smallest absolute Gasteiger partial charge is 0.744 e. The fourth-order valence-corrected chi connectivity index (χ4v) is 5.21. The molecule has 2 aromatic rings. The van der Waals surface area contributed by atoms with E-state index in [0.29, 0.717) is 12.2 Å². The molecule has 1 unspecified atom stereocenters. The molecular weight excluding hydrogens is 443 g/mol. The van der Waals surface area contributed by atoms with Crippen LogP contribution in [-0.4, -0.2) is 19.1 Å². The summed E-state index contributed by atoms with van der Waals surface area (Å²) in [5.74, 6) is 0. The number of para-hydroxylation sites is 1. The van der Waals surface area contributed by atoms with Gasteiger partial charge in [-0.05, 0) is 30.5 Å². The fourth-order valence-electron chi connectivity index (χ4n) is 4.55. The van der Waals surface area contributed by atoms with Gasteiger partial charge in [0, 0.05) is 6.54 Å². The Labute approximate surface area is 222 Å². The molecule has 0 fully saturated rings. The summed E-state index contributed by atoms with van der Waals surface area (Å²) in [6, 6.07) is 15.1. The SMILES string of the molecule is CCCCCCCCCCCCC1Nc2c(cccc2S(=O)(=O)[O-])N1Cc1ccccc1.[Na+]. The number of benzene rings is 2. The maximum atomic E-state index is 11.8. The number of hydrogen-bond donors (Lipinski definition) is 1. The summed E-state index contributed by atoms with van der Waals surface area (Å²) < 4.78 is 35.4. The zero-order valence-corrected chi connectivity index (χ0v) is 23.1. The average Bonchev–Trinajstić information content (AvgIpc) is 3.12. The quantitative estimate of drug-likeness (QED) is 0.254. The van der Waals surface area contributed by atoms with Gasteiger partial charge in [0.25, 0.3) is 0 Å². The second kappa shape index (κ2) is 14.4. The molecule has 1 aliphatic rings. The van der Waals surface area contributed by atoms with E-state index in [-0.39, 0.29) is 40.6 Å². The molecule has 1 aliphatic heterocycles. The first-order chi connectivity index (χ1) is 15.5. The summed E-state index contributed by atoms with van der Waals surface area (Å²) in [6.45, 7) is 2.92. The third-order valence-corrected chi connectivity index (χ3v) is 7.18. The average molecular weight is 481 g/mol. The molecule has 176 valence electrons. The third-order valence-electron chi connectivity index (χ3n) is 6.30. The molecular formula is C26H37N2NaO3S. The van der Waals surface area contributed by atoms with Crippen molar-refractivity contribution in [3.05, 3.63) is 54.1 Å². The first-order valence-corrected chi connectivity index (χ1v) is 13.6. The monoisotopic (exact) mass is 480 g/mol. The van der Waals surface area contributed by atoms with E-state index >= 15 is 0 Å². The van der Waals surface area contributed by atoms with Gasteiger partial charge in [-0.1, -0.05) is 101 Å². The molecule has 0 bridgehead atoms. The minimum Gasteiger partial charge on any atom is -0.744 e. The van der Waals surface area contributed by atoms with Crippen LogP contribution in [0.25, 0.3) is 0 Å². The van der Waals surface area contributed by atoms with Crippen molar-refractivity contribution in [2.45, 2.75) is 95.2 Å². The van der Waals surface area contributed by atoms with Crippen LogP contribution in [0.5, 0.6) is 0 Å². The van der Waals surface area contributed by atoms with E-state index < -0.39 is 10.1 Å². The van der Waals surface area contributed by atoms with Gasteiger partial charge in [0.15, 0.2) is 0 Å². The van der Waals surface area contributed by atoms with Crippen molar-refractivity contribution in [2.24, 2.45) is 0 Å². The number of unbranched alkanes of at least 4 members (excludes halogenated alkanes) is 9. The summed E-state index contributed by atoms with van der Waals surface area (Å²) in [6.07, 6.45) is 13.7. The van der Waals surface area contributed by atoms with E-state index in [2.05, 4.69) is 29.3 Å². The normalized spacial score (nSPS) is 15.1. The van der Waals surface area contributed by atoms with Crippen molar-refractivity contribution in [1.82, 2.24) is 0 Å². The number of nitrogens with zero attached hydrogens (tertiary/aromatic N) is 1. The van der Waals surface area contributed by atoms with Crippen LogP contribution in [0.15, 0.2) is 53.4 Å². The van der Waals surface area contributed by atoms with E-state index in [1.165, 1.54) is 63.9 Å². The van der Waals surface area contributed by atoms with Crippen LogP contribution < -0.4 is 39.8 Å². The molecule has 0 aliphatic carbocycles. The van der Waals surface area contributed by atoms with Crippen LogP contribution >= 0.6 is 0 Å². The van der Waals surface area contributed by atoms with Crippen LogP contribution in [-0.2, 0) is 16.7 Å². The van der Waals surface area contributed by atoms with Crippen LogP contribution in [0.2, 0.25) is 0 Å². The molecule has 7 heteroatoms. The molecule has 0 radical (unpaired) electrons. The minimum atomic E-state index is -4.53. The van der Waals surface area contributed by atoms with E-state index in [0.717, 1.165) is 24.1 Å². The van der Waals surface area contributed by atoms with Gasteiger partial charge in [0.2, 0.25) is 0 Å². The molecule has 0 saturated heterocycles. The Kier molecular flexibility index (Phi) is 12.3. The van der Waals surface area contributed by atoms with Crippen molar-refractivity contribution in [2.75, 3.05) is 10.2 Å². The van der Waals surface area contributed by atoms with Crippen LogP contribution in [0.1, 0.15) is 83.1 Å². The van der Waals surface area contributed by atoms with E-state index in [4.69, 9.17) is 0 Å². The Morgan fingerprint density at radius 3 is 2.06 bits per heavy atom. The predicted octanol–water partition coefficient (Wildman–Crippen LogP) is 3.66. The summed E-state index contributed by atoms with van der Waals surface area (Å²) >= 11 is 0. The second-order valence-corrected chi connectivity index (χ2v) is 10.2. The maximum Gasteiger partial charge on any atom is 1.00 e. The predicted molar refractivity (Wildman–Crippen MR) is 131 cm³/mol. The molecule has 3 rings (SSSR count). The summed E-state index contributed by atoms with van der Waals surface area (Å²) in [4.78, 5) is 2.05. The Balaban J connectivity index is 0.00000385. The van der Waals surface area contributed by atoms with Gasteiger partial charge >= 0.3 is 29.6 Å². The van der Waals surface area contributed by atoms with Gasteiger partial charge in [-0.2, -0.15) is 0 Å². The molecule has 0 amide bonds. The molecule has 1 heterocycles. The maximum absolute atomic E-state index is 11.8. The van der Waals surface area contributed by atoms with Gasteiger partial charge in [0.1, 0.15) is 10.1 Å². The summed E-state index contributed by atoms with van der Waals surface area (Å²) in [5.41, 5.74) is 2.41.